The van der Waals surface area contributed by atoms with Crippen LogP contribution in [0.25, 0.3) is 0 Å². The van der Waals surface area contributed by atoms with Crippen molar-refractivity contribution in [2.75, 3.05) is 18.9 Å². The summed E-state index contributed by atoms with van der Waals surface area (Å²) in [4.78, 5) is 26.2. The van der Waals surface area contributed by atoms with Crippen LogP contribution in [0.3, 0.4) is 0 Å². The maximum absolute atomic E-state index is 12.7. The molecule has 29 heavy (non-hydrogen) atoms. The fourth-order valence-corrected chi connectivity index (χ4v) is 2.81. The number of para-hydroxylation sites is 1. The summed E-state index contributed by atoms with van der Waals surface area (Å²) in [6, 6.07) is 16.0. The zero-order valence-electron chi connectivity index (χ0n) is 16.6. The van der Waals surface area contributed by atoms with Crippen molar-refractivity contribution in [3.8, 4) is 5.75 Å². The van der Waals surface area contributed by atoms with E-state index >= 15 is 0 Å². The van der Waals surface area contributed by atoms with Crippen LogP contribution in [-0.2, 0) is 11.4 Å². The van der Waals surface area contributed by atoms with Gasteiger partial charge in [0.15, 0.2) is 0 Å². The molecule has 0 aliphatic heterocycles. The Bertz CT molecular complexity index is 979. The molecule has 0 aliphatic carbocycles. The van der Waals surface area contributed by atoms with Crippen LogP contribution in [0.2, 0.25) is 0 Å². The predicted molar refractivity (Wildman–Crippen MR) is 109 cm³/mol. The SMILES string of the molecule is Cc1noc(C)c1COc1cccc(C(=O)N(C)CC(=O)Nc2ccccc2)c1. The summed E-state index contributed by atoms with van der Waals surface area (Å²) in [6.45, 7) is 3.92. The third kappa shape index (κ3) is 5.22. The van der Waals surface area contributed by atoms with E-state index in [0.29, 0.717) is 29.4 Å². The Morgan fingerprint density at radius 1 is 1.10 bits per heavy atom. The van der Waals surface area contributed by atoms with Gasteiger partial charge in [0, 0.05) is 18.3 Å². The van der Waals surface area contributed by atoms with Crippen LogP contribution in [-0.4, -0.2) is 35.5 Å². The molecule has 2 aromatic carbocycles. The predicted octanol–water partition coefficient (Wildman–Crippen LogP) is 3.58. The number of hydrogen-bond donors (Lipinski definition) is 1. The number of carbonyl (C=O) groups excluding carboxylic acids is 2. The van der Waals surface area contributed by atoms with Crippen LogP contribution in [0.1, 0.15) is 27.4 Å². The summed E-state index contributed by atoms with van der Waals surface area (Å²) in [5.74, 6) is 0.728. The minimum atomic E-state index is -0.268. The Morgan fingerprint density at radius 2 is 1.86 bits per heavy atom. The lowest BCUT2D eigenvalue weighted by Gasteiger charge is -2.17. The van der Waals surface area contributed by atoms with E-state index in [2.05, 4.69) is 10.5 Å². The highest BCUT2D eigenvalue weighted by Crippen LogP contribution is 2.19. The molecule has 3 aromatic rings. The lowest BCUT2D eigenvalue weighted by molar-refractivity contribution is -0.116. The number of aromatic nitrogens is 1. The molecule has 0 unspecified atom stereocenters. The van der Waals surface area contributed by atoms with Gasteiger partial charge in [0.2, 0.25) is 5.91 Å². The highest BCUT2D eigenvalue weighted by atomic mass is 16.5. The van der Waals surface area contributed by atoms with Gasteiger partial charge in [-0.05, 0) is 44.2 Å². The fraction of sp³-hybridized carbons (Fsp3) is 0.227. The Morgan fingerprint density at radius 3 is 2.55 bits per heavy atom. The molecule has 1 aromatic heterocycles. The molecule has 0 fully saturated rings. The van der Waals surface area contributed by atoms with Crippen molar-refractivity contribution in [1.29, 1.82) is 0 Å². The molecule has 1 N–H and O–H groups in total. The van der Waals surface area contributed by atoms with Crippen molar-refractivity contribution in [1.82, 2.24) is 10.1 Å². The van der Waals surface area contributed by atoms with E-state index in [9.17, 15) is 9.59 Å². The number of nitrogens with one attached hydrogen (secondary N) is 1. The van der Waals surface area contributed by atoms with Gasteiger partial charge in [0.05, 0.1) is 17.8 Å². The number of rotatable bonds is 7. The van der Waals surface area contributed by atoms with Crippen molar-refractivity contribution in [3.63, 3.8) is 0 Å². The van der Waals surface area contributed by atoms with Crippen LogP contribution in [0.5, 0.6) is 5.75 Å². The Balaban J connectivity index is 1.60. The van der Waals surface area contributed by atoms with Crippen molar-refractivity contribution in [2.24, 2.45) is 0 Å². The molecule has 1 heterocycles. The maximum atomic E-state index is 12.7. The van der Waals surface area contributed by atoms with Gasteiger partial charge in [0.25, 0.3) is 5.91 Å². The molecule has 0 saturated carbocycles. The maximum Gasteiger partial charge on any atom is 0.254 e. The number of likely N-dealkylation sites (N-methyl/N-ethyl adjacent to an activating group) is 1. The largest absolute Gasteiger partial charge is 0.489 e. The number of ether oxygens (including phenoxy) is 1. The average molecular weight is 393 g/mol. The summed E-state index contributed by atoms with van der Waals surface area (Å²) in [5.41, 5.74) is 2.79. The molecule has 0 aliphatic rings. The van der Waals surface area contributed by atoms with Crippen LogP contribution in [0.15, 0.2) is 59.1 Å². The average Bonchev–Trinajstić information content (AvgIpc) is 3.04. The van der Waals surface area contributed by atoms with Gasteiger partial charge in [-0.2, -0.15) is 0 Å². The van der Waals surface area contributed by atoms with E-state index in [1.54, 1.807) is 43.4 Å². The zero-order valence-corrected chi connectivity index (χ0v) is 16.6. The van der Waals surface area contributed by atoms with Gasteiger partial charge in [-0.1, -0.05) is 29.4 Å². The Labute approximate surface area is 169 Å². The van der Waals surface area contributed by atoms with Crippen LogP contribution in [0.4, 0.5) is 5.69 Å². The van der Waals surface area contributed by atoms with E-state index in [4.69, 9.17) is 9.26 Å². The topological polar surface area (TPSA) is 84.7 Å². The van der Waals surface area contributed by atoms with Crippen molar-refractivity contribution in [3.05, 3.63) is 77.2 Å². The molecular weight excluding hydrogens is 370 g/mol. The molecule has 0 atom stereocenters. The van der Waals surface area contributed by atoms with Gasteiger partial charge < -0.3 is 19.5 Å². The number of nitrogens with zero attached hydrogens (tertiary/aromatic N) is 2. The second-order valence-corrected chi connectivity index (χ2v) is 6.69. The highest BCUT2D eigenvalue weighted by molar-refractivity contribution is 5.99. The van der Waals surface area contributed by atoms with Crippen LogP contribution >= 0.6 is 0 Å². The Hall–Kier alpha value is -3.61. The summed E-state index contributed by atoms with van der Waals surface area (Å²) in [7, 11) is 1.59. The number of benzene rings is 2. The van der Waals surface area contributed by atoms with Crippen LogP contribution < -0.4 is 10.1 Å². The standard InChI is InChI=1S/C22H23N3O4/c1-15-20(16(2)29-24-15)14-28-19-11-7-8-17(12-19)22(27)25(3)13-21(26)23-18-9-5-4-6-10-18/h4-12H,13-14H2,1-3H3,(H,23,26). The van der Waals surface area contributed by atoms with Gasteiger partial charge in [-0.3, -0.25) is 9.59 Å². The summed E-state index contributed by atoms with van der Waals surface area (Å²) < 4.78 is 10.9. The molecule has 0 saturated heterocycles. The van der Waals surface area contributed by atoms with Crippen LogP contribution in [0, 0.1) is 13.8 Å². The molecular formula is C22H23N3O4. The van der Waals surface area contributed by atoms with Crippen molar-refractivity contribution < 1.29 is 18.8 Å². The normalized spacial score (nSPS) is 10.4. The van der Waals surface area contributed by atoms with Gasteiger partial charge >= 0.3 is 0 Å². The van der Waals surface area contributed by atoms with Crippen molar-refractivity contribution >= 4 is 17.5 Å². The second-order valence-electron chi connectivity index (χ2n) is 6.69. The monoisotopic (exact) mass is 393 g/mol. The van der Waals surface area contributed by atoms with E-state index in [0.717, 1.165) is 11.3 Å². The first-order chi connectivity index (χ1) is 13.9. The second kappa shape index (κ2) is 9.05. The first-order valence-corrected chi connectivity index (χ1v) is 9.19. The molecule has 0 bridgehead atoms. The zero-order chi connectivity index (χ0) is 20.8. The molecule has 0 spiro atoms. The van der Waals surface area contributed by atoms with E-state index in [-0.39, 0.29) is 18.4 Å². The minimum Gasteiger partial charge on any atom is -0.489 e. The van der Waals surface area contributed by atoms with E-state index < -0.39 is 0 Å². The van der Waals surface area contributed by atoms with Crippen molar-refractivity contribution in [2.45, 2.75) is 20.5 Å². The fourth-order valence-electron chi connectivity index (χ4n) is 2.81. The number of carbonyl (C=O) groups is 2. The number of aryl methyl sites for hydroxylation is 2. The lowest BCUT2D eigenvalue weighted by atomic mass is 10.2. The summed E-state index contributed by atoms with van der Waals surface area (Å²) in [6.07, 6.45) is 0. The first kappa shape index (κ1) is 20.1. The molecule has 7 heteroatoms. The molecule has 150 valence electrons. The molecule has 3 rings (SSSR count). The van der Waals surface area contributed by atoms with E-state index in [1.807, 2.05) is 32.0 Å². The summed E-state index contributed by atoms with van der Waals surface area (Å²) in [5, 5.41) is 6.67. The molecule has 7 nitrogen and oxygen atoms in total. The smallest absolute Gasteiger partial charge is 0.254 e. The lowest BCUT2D eigenvalue weighted by Crippen LogP contribution is -2.34. The number of hydrogen-bond acceptors (Lipinski definition) is 5. The Kier molecular flexibility index (Phi) is 6.29. The molecule has 0 radical (unpaired) electrons. The number of amides is 2. The first-order valence-electron chi connectivity index (χ1n) is 9.19. The van der Waals surface area contributed by atoms with Gasteiger partial charge in [0.1, 0.15) is 18.1 Å². The van der Waals surface area contributed by atoms with Gasteiger partial charge in [-0.25, -0.2) is 0 Å². The quantitative estimate of drug-likeness (QED) is 0.663. The summed E-state index contributed by atoms with van der Waals surface area (Å²) >= 11 is 0. The highest BCUT2D eigenvalue weighted by Gasteiger charge is 2.16. The third-order valence-electron chi connectivity index (χ3n) is 4.43. The molecule has 2 amide bonds. The minimum absolute atomic E-state index is 0.0576. The number of anilines is 1. The van der Waals surface area contributed by atoms with Gasteiger partial charge in [-0.15, -0.1) is 0 Å². The van der Waals surface area contributed by atoms with E-state index in [1.165, 1.54) is 4.90 Å². The third-order valence-corrected chi connectivity index (χ3v) is 4.43.